The van der Waals surface area contributed by atoms with Crippen molar-refractivity contribution in [1.82, 2.24) is 20.4 Å². The number of nitrogens with one attached hydrogen (secondary N) is 2. The molecule has 0 aliphatic carbocycles. The molecule has 69 heavy (non-hydrogen) atoms. The molecule has 15 heteroatoms. The van der Waals surface area contributed by atoms with Crippen molar-refractivity contribution in [2.24, 2.45) is 22.6 Å². The van der Waals surface area contributed by atoms with Gasteiger partial charge in [0, 0.05) is 57.2 Å². The molecule has 4 aromatic rings. The molecule has 0 unspecified atom stereocenters. The van der Waals surface area contributed by atoms with Crippen LogP contribution in [0, 0.1) is 23.5 Å². The molecular weight excluding hydrogens is 895 g/mol. The van der Waals surface area contributed by atoms with Gasteiger partial charge in [-0.25, -0.2) is 18.4 Å². The number of carbonyl (C=O) groups excluding carboxylic acids is 2. The molecule has 0 bridgehead atoms. The smallest absolute Gasteiger partial charge is 0.328 e. The van der Waals surface area contributed by atoms with Crippen molar-refractivity contribution in [1.29, 1.82) is 0 Å². The van der Waals surface area contributed by atoms with Crippen LogP contribution >= 0.6 is 12.2 Å². The lowest BCUT2D eigenvalue weighted by atomic mass is 9.85. The lowest BCUT2D eigenvalue weighted by molar-refractivity contribution is 0.183. The van der Waals surface area contributed by atoms with Gasteiger partial charge in [-0.3, -0.25) is 35.2 Å². The summed E-state index contributed by atoms with van der Waals surface area (Å²) in [5.41, 5.74) is 7.49. The van der Waals surface area contributed by atoms with Gasteiger partial charge in [0.2, 0.25) is 0 Å². The summed E-state index contributed by atoms with van der Waals surface area (Å²) < 4.78 is 39.5. The number of amides is 4. The molecule has 4 fully saturated rings. The van der Waals surface area contributed by atoms with Crippen molar-refractivity contribution in [2.45, 2.75) is 117 Å². The van der Waals surface area contributed by atoms with Crippen LogP contribution < -0.4 is 35.6 Å². The molecule has 0 atom stereocenters. The fraction of sp³-hybridized carbons (Fsp3) is 0.481. The molecule has 4 aromatic carbocycles. The van der Waals surface area contributed by atoms with Crippen molar-refractivity contribution in [2.75, 3.05) is 49.1 Å². The van der Waals surface area contributed by atoms with Crippen LogP contribution in [-0.4, -0.2) is 95.2 Å². The highest BCUT2D eigenvalue weighted by atomic mass is 32.1. The van der Waals surface area contributed by atoms with Gasteiger partial charge in [0.25, 0.3) is 0 Å². The zero-order valence-electron chi connectivity index (χ0n) is 41.6. The number of anilines is 2. The Morgan fingerprint density at radius 3 is 1.46 bits per heavy atom. The van der Waals surface area contributed by atoms with Crippen LogP contribution in [0.3, 0.4) is 0 Å². The molecule has 12 nitrogen and oxygen atoms in total. The fourth-order valence-electron chi connectivity index (χ4n) is 9.13. The summed E-state index contributed by atoms with van der Waals surface area (Å²) in [7, 11) is 0. The average Bonchev–Trinajstić information content (AvgIpc) is 3.70. The Labute approximate surface area is 413 Å². The number of benzene rings is 4. The predicted octanol–water partition coefficient (Wildman–Crippen LogP) is 10.3. The second-order valence-corrected chi connectivity index (χ2v) is 20.2. The van der Waals surface area contributed by atoms with E-state index in [2.05, 4.69) is 72.4 Å². The Balaban J connectivity index is 0.000000208. The number of hydrogen-bond donors (Lipinski definition) is 3. The van der Waals surface area contributed by atoms with Crippen LogP contribution in [0.15, 0.2) is 102 Å². The van der Waals surface area contributed by atoms with Crippen LogP contribution in [0.4, 0.5) is 29.7 Å². The average molecular weight is 967 g/mol. The Morgan fingerprint density at radius 2 is 1.04 bits per heavy atom. The Bertz CT molecular complexity index is 2400. The third-order valence-corrected chi connectivity index (χ3v) is 13.0. The highest BCUT2D eigenvalue weighted by molar-refractivity contribution is 7.80. The van der Waals surface area contributed by atoms with Gasteiger partial charge in [0.05, 0.1) is 12.2 Å². The molecule has 4 heterocycles. The molecule has 0 radical (unpaired) electrons. The van der Waals surface area contributed by atoms with Gasteiger partial charge >= 0.3 is 12.1 Å². The number of thiocarbonyl (C=S) groups is 1. The lowest BCUT2D eigenvalue weighted by Crippen LogP contribution is -2.56. The number of likely N-dealkylation sites (tertiary alicyclic amines) is 2. The standard InChI is InChI=1S/C27H35FN4O2.C23H26FN3O2S.C4H11N/c1-19(2)17-29-25-27(32(26(33)30-25)23-9-6-8-22(28)16-23)11-13-31(14-12-27)18-21-7-5-10-24(15-21)34-20(3)4;1-16(2)29-20-8-3-5-17(13-20)15-26-11-9-23(10-12-26)21(30)25-22(28)27(23)19-7-4-6-18(24)14-19;1-4(2)3-5/h5-10,15-16,19-20H,11-14,17-18H2,1-4H3,(H,29,30,33);3-8,13-14,16H,9-12,15H2,1-2H3,(H,25,28,30);4H,3,5H2,1-2H3. The van der Waals surface area contributed by atoms with E-state index in [1.807, 2.05) is 52.0 Å². The highest BCUT2D eigenvalue weighted by Crippen LogP contribution is 2.40. The normalized spacial score (nSPS) is 18.5. The Morgan fingerprint density at radius 1 is 0.623 bits per heavy atom. The summed E-state index contributed by atoms with van der Waals surface area (Å²) in [6.07, 6.45) is 3.11. The second-order valence-electron chi connectivity index (χ2n) is 19.8. The van der Waals surface area contributed by atoms with Crippen LogP contribution in [0.25, 0.3) is 0 Å². The van der Waals surface area contributed by atoms with E-state index < -0.39 is 11.1 Å². The van der Waals surface area contributed by atoms with Gasteiger partial charge in [-0.05, 0) is 144 Å². The van der Waals surface area contributed by atoms with Gasteiger partial charge in [0.15, 0.2) is 0 Å². The largest absolute Gasteiger partial charge is 0.491 e. The van der Waals surface area contributed by atoms with E-state index in [9.17, 15) is 18.4 Å². The summed E-state index contributed by atoms with van der Waals surface area (Å²) in [5, 5.41) is 5.80. The topological polar surface area (TPSA) is 128 Å². The summed E-state index contributed by atoms with van der Waals surface area (Å²) >= 11 is 5.56. The number of halogens is 2. The van der Waals surface area contributed by atoms with Crippen LogP contribution in [0.1, 0.15) is 92.2 Å². The van der Waals surface area contributed by atoms with Gasteiger partial charge in [-0.2, -0.15) is 0 Å². The molecule has 372 valence electrons. The molecule has 4 aliphatic rings. The van der Waals surface area contributed by atoms with Crippen molar-refractivity contribution < 1.29 is 27.8 Å². The number of piperidine rings is 2. The third kappa shape index (κ3) is 13.7. The summed E-state index contributed by atoms with van der Waals surface area (Å²) in [6, 6.07) is 28.3. The van der Waals surface area contributed by atoms with Crippen molar-refractivity contribution in [3.63, 3.8) is 0 Å². The quantitative estimate of drug-likeness (QED) is 0.113. The first-order valence-electron chi connectivity index (χ1n) is 24.4. The van der Waals surface area contributed by atoms with Crippen molar-refractivity contribution in [3.05, 3.63) is 120 Å². The van der Waals surface area contributed by atoms with Crippen LogP contribution in [0.5, 0.6) is 11.5 Å². The summed E-state index contributed by atoms with van der Waals surface area (Å²) in [4.78, 5) is 39.2. The number of hydrogen-bond acceptors (Lipinski definition) is 9. The first-order valence-corrected chi connectivity index (χ1v) is 24.8. The lowest BCUT2D eigenvalue weighted by Gasteiger charge is -2.43. The first-order chi connectivity index (χ1) is 32.9. The number of ether oxygens (including phenoxy) is 2. The van der Waals surface area contributed by atoms with Gasteiger partial charge in [0.1, 0.15) is 45.0 Å². The number of nitrogens with zero attached hydrogens (tertiary/aromatic N) is 5. The molecule has 4 N–H and O–H groups in total. The maximum Gasteiger partial charge on any atom is 0.328 e. The van der Waals surface area contributed by atoms with Gasteiger partial charge < -0.3 is 15.2 Å². The fourth-order valence-corrected chi connectivity index (χ4v) is 9.51. The zero-order chi connectivity index (χ0) is 49.9. The minimum atomic E-state index is -0.598. The number of amidine groups is 1. The summed E-state index contributed by atoms with van der Waals surface area (Å²) in [6.45, 7) is 22.7. The van der Waals surface area contributed by atoms with E-state index in [0.29, 0.717) is 53.4 Å². The van der Waals surface area contributed by atoms with E-state index in [1.165, 1.54) is 35.4 Å². The maximum atomic E-state index is 14.1. The number of rotatable bonds is 13. The zero-order valence-corrected chi connectivity index (χ0v) is 42.5. The van der Waals surface area contributed by atoms with E-state index in [4.69, 9.17) is 32.4 Å². The van der Waals surface area contributed by atoms with E-state index in [-0.39, 0.29) is 35.9 Å². The number of urea groups is 2. The third-order valence-electron chi connectivity index (χ3n) is 12.5. The van der Waals surface area contributed by atoms with E-state index in [0.717, 1.165) is 70.2 Å². The van der Waals surface area contributed by atoms with Crippen molar-refractivity contribution in [3.8, 4) is 11.5 Å². The van der Waals surface area contributed by atoms with Gasteiger partial charge in [-0.15, -0.1) is 0 Å². The minimum absolute atomic E-state index is 0.134. The number of carbonyl (C=O) groups is 2. The van der Waals surface area contributed by atoms with Crippen LogP contribution in [0.2, 0.25) is 0 Å². The molecule has 0 aromatic heterocycles. The molecule has 2 spiro atoms. The molecule has 0 saturated carbocycles. The van der Waals surface area contributed by atoms with Crippen molar-refractivity contribution >= 4 is 46.5 Å². The maximum absolute atomic E-state index is 14.1. The predicted molar refractivity (Wildman–Crippen MR) is 277 cm³/mol. The first kappa shape index (κ1) is 52.9. The monoisotopic (exact) mass is 967 g/mol. The number of nitrogens with two attached hydrogens (primary N) is 1. The Hall–Kier alpha value is -5.48. The summed E-state index contributed by atoms with van der Waals surface area (Å²) in [5.74, 6) is 2.79. The van der Waals surface area contributed by atoms with Gasteiger partial charge in [-0.1, -0.05) is 76.3 Å². The van der Waals surface area contributed by atoms with E-state index >= 15 is 0 Å². The second kappa shape index (κ2) is 23.9. The molecule has 4 amide bonds. The SMILES string of the molecule is CC(C)CN.CC(C)CN=C1NC(=O)N(c2cccc(F)c2)C12CCN(Cc1cccc(OC(C)C)c1)CC2.CC(C)Oc1cccc(CN2CCC3(CC2)C(=S)NC(=O)N3c2cccc(F)c2)c1. The Kier molecular flexibility index (Phi) is 18.3. The number of aliphatic imine (C=N–C) groups is 1. The van der Waals surface area contributed by atoms with E-state index in [1.54, 1.807) is 34.1 Å². The minimum Gasteiger partial charge on any atom is -0.491 e. The molecule has 4 saturated heterocycles. The van der Waals surface area contributed by atoms with Crippen LogP contribution in [-0.2, 0) is 13.1 Å². The molecular formula is C54H72F2N8O4S. The molecule has 8 rings (SSSR count). The molecule has 4 aliphatic heterocycles. The highest BCUT2D eigenvalue weighted by Gasteiger charge is 2.54.